The van der Waals surface area contributed by atoms with Gasteiger partial charge in [0.1, 0.15) is 5.82 Å². The maximum atomic E-state index is 13.6. The summed E-state index contributed by atoms with van der Waals surface area (Å²) in [5, 5.41) is 7.91. The van der Waals surface area contributed by atoms with Crippen LogP contribution in [0.4, 0.5) is 4.39 Å². The lowest BCUT2D eigenvalue weighted by Gasteiger charge is -2.25. The van der Waals surface area contributed by atoms with Crippen molar-refractivity contribution in [3.8, 4) is 0 Å². The molecule has 0 saturated carbocycles. The summed E-state index contributed by atoms with van der Waals surface area (Å²) in [6.45, 7) is 1.51. The summed E-state index contributed by atoms with van der Waals surface area (Å²) in [5.74, 6) is -0.487. The lowest BCUT2D eigenvalue weighted by atomic mass is 10.1. The standard InChI is InChI=1S/C20H20FN3O2/c21-15-6-3-5-14(11-15)12-24(13-16-7-4-10-26-16)20(25)19-17-8-1-2-9-18(17)22-23-19/h1-3,5-6,8-9,11,16H,4,7,10,12-13H2,(H,22,23)/t16-/m1/s1. The number of H-pyrrole nitrogens is 1. The van der Waals surface area contributed by atoms with Crippen molar-refractivity contribution in [2.45, 2.75) is 25.5 Å². The molecule has 26 heavy (non-hydrogen) atoms. The number of carbonyl (C=O) groups excluding carboxylic acids is 1. The van der Waals surface area contributed by atoms with Crippen LogP contribution in [-0.2, 0) is 11.3 Å². The maximum Gasteiger partial charge on any atom is 0.275 e. The normalized spacial score (nSPS) is 16.9. The number of hydrogen-bond acceptors (Lipinski definition) is 3. The van der Waals surface area contributed by atoms with E-state index in [-0.39, 0.29) is 17.8 Å². The fraction of sp³-hybridized carbons (Fsp3) is 0.300. The summed E-state index contributed by atoms with van der Waals surface area (Å²) in [4.78, 5) is 14.9. The van der Waals surface area contributed by atoms with E-state index >= 15 is 0 Å². The van der Waals surface area contributed by atoms with Crippen LogP contribution in [0, 0.1) is 5.82 Å². The Labute approximate surface area is 150 Å². The molecule has 1 aliphatic rings. The van der Waals surface area contributed by atoms with Gasteiger partial charge in [0.15, 0.2) is 5.69 Å². The molecule has 5 nitrogen and oxygen atoms in total. The van der Waals surface area contributed by atoms with Crippen molar-refractivity contribution in [3.63, 3.8) is 0 Å². The highest BCUT2D eigenvalue weighted by atomic mass is 19.1. The van der Waals surface area contributed by atoms with Crippen molar-refractivity contribution < 1.29 is 13.9 Å². The largest absolute Gasteiger partial charge is 0.376 e. The van der Waals surface area contributed by atoms with E-state index in [1.54, 1.807) is 11.0 Å². The van der Waals surface area contributed by atoms with Crippen LogP contribution in [0.3, 0.4) is 0 Å². The van der Waals surface area contributed by atoms with Gasteiger partial charge in [-0.1, -0.05) is 30.3 Å². The molecular weight excluding hydrogens is 333 g/mol. The molecule has 6 heteroatoms. The van der Waals surface area contributed by atoms with Crippen LogP contribution < -0.4 is 0 Å². The van der Waals surface area contributed by atoms with E-state index in [4.69, 9.17) is 4.74 Å². The average molecular weight is 353 g/mol. The average Bonchev–Trinajstić information content (AvgIpc) is 3.30. The van der Waals surface area contributed by atoms with Gasteiger partial charge in [-0.15, -0.1) is 0 Å². The topological polar surface area (TPSA) is 58.2 Å². The first kappa shape index (κ1) is 16.7. The molecule has 1 atom stereocenters. The second-order valence-electron chi connectivity index (χ2n) is 6.57. The zero-order valence-electron chi connectivity index (χ0n) is 14.3. The number of para-hydroxylation sites is 1. The molecule has 0 spiro atoms. The van der Waals surface area contributed by atoms with E-state index in [1.165, 1.54) is 12.1 Å². The number of benzene rings is 2. The smallest absolute Gasteiger partial charge is 0.275 e. The SMILES string of the molecule is O=C(c1n[nH]c2ccccc12)N(Cc1cccc(F)c1)C[C@H]1CCCO1. The third-order valence-electron chi connectivity index (χ3n) is 4.67. The second kappa shape index (κ2) is 7.25. The molecule has 0 radical (unpaired) electrons. The first-order valence-corrected chi connectivity index (χ1v) is 8.79. The summed E-state index contributed by atoms with van der Waals surface area (Å²) in [5.41, 5.74) is 1.95. The minimum atomic E-state index is -0.308. The van der Waals surface area contributed by atoms with Crippen molar-refractivity contribution in [1.82, 2.24) is 15.1 Å². The van der Waals surface area contributed by atoms with Crippen molar-refractivity contribution in [1.29, 1.82) is 0 Å². The number of ether oxygens (including phenoxy) is 1. The predicted octanol–water partition coefficient (Wildman–Crippen LogP) is 3.52. The monoisotopic (exact) mass is 353 g/mol. The Hall–Kier alpha value is -2.73. The number of fused-ring (bicyclic) bond motifs is 1. The third kappa shape index (κ3) is 3.46. The van der Waals surface area contributed by atoms with Crippen LogP contribution in [0.15, 0.2) is 48.5 Å². The molecule has 1 aliphatic heterocycles. The van der Waals surface area contributed by atoms with Gasteiger partial charge in [-0.05, 0) is 36.6 Å². The first-order chi connectivity index (χ1) is 12.7. The molecule has 0 bridgehead atoms. The van der Waals surface area contributed by atoms with Crippen LogP contribution in [0.2, 0.25) is 0 Å². The van der Waals surface area contributed by atoms with Crippen LogP contribution in [0.5, 0.6) is 0 Å². The van der Waals surface area contributed by atoms with Crippen LogP contribution in [0.1, 0.15) is 28.9 Å². The van der Waals surface area contributed by atoms with Gasteiger partial charge in [-0.25, -0.2) is 4.39 Å². The fourth-order valence-electron chi connectivity index (χ4n) is 3.39. The Morgan fingerprint density at radius 3 is 2.96 bits per heavy atom. The van der Waals surface area contributed by atoms with Crippen LogP contribution in [0.25, 0.3) is 10.9 Å². The lowest BCUT2D eigenvalue weighted by molar-refractivity contribution is 0.0504. The van der Waals surface area contributed by atoms with E-state index in [9.17, 15) is 9.18 Å². The number of rotatable bonds is 5. The first-order valence-electron chi connectivity index (χ1n) is 8.79. The molecule has 1 amide bonds. The molecule has 134 valence electrons. The molecule has 4 rings (SSSR count). The molecular formula is C20H20FN3O2. The number of aromatic amines is 1. The van der Waals surface area contributed by atoms with Crippen LogP contribution >= 0.6 is 0 Å². The lowest BCUT2D eigenvalue weighted by Crippen LogP contribution is -2.37. The zero-order chi connectivity index (χ0) is 17.9. The third-order valence-corrected chi connectivity index (χ3v) is 4.67. The van der Waals surface area contributed by atoms with Gasteiger partial charge in [-0.2, -0.15) is 5.10 Å². The summed E-state index contributed by atoms with van der Waals surface area (Å²) in [6, 6.07) is 13.9. The molecule has 2 aromatic carbocycles. The summed E-state index contributed by atoms with van der Waals surface area (Å²) >= 11 is 0. The van der Waals surface area contributed by atoms with Gasteiger partial charge in [0.2, 0.25) is 0 Å². The minimum absolute atomic E-state index is 0.0118. The number of nitrogens with zero attached hydrogens (tertiary/aromatic N) is 2. The quantitative estimate of drug-likeness (QED) is 0.763. The molecule has 0 aliphatic carbocycles. The van der Waals surface area contributed by atoms with Gasteiger partial charge in [-0.3, -0.25) is 9.89 Å². The van der Waals surface area contributed by atoms with Crippen molar-refractivity contribution in [2.75, 3.05) is 13.2 Å². The fourth-order valence-corrected chi connectivity index (χ4v) is 3.39. The molecule has 1 aromatic heterocycles. The van der Waals surface area contributed by atoms with Crippen molar-refractivity contribution >= 4 is 16.8 Å². The summed E-state index contributed by atoms with van der Waals surface area (Å²) in [6.07, 6.45) is 1.93. The Morgan fingerprint density at radius 1 is 1.27 bits per heavy atom. The Morgan fingerprint density at radius 2 is 2.15 bits per heavy atom. The highest BCUT2D eigenvalue weighted by Crippen LogP contribution is 2.21. The van der Waals surface area contributed by atoms with E-state index in [0.717, 1.165) is 35.9 Å². The Balaban J connectivity index is 1.63. The number of hydrogen-bond donors (Lipinski definition) is 1. The Bertz CT molecular complexity index is 918. The van der Waals surface area contributed by atoms with Gasteiger partial charge >= 0.3 is 0 Å². The zero-order valence-corrected chi connectivity index (χ0v) is 14.3. The van der Waals surface area contributed by atoms with Gasteiger partial charge < -0.3 is 9.64 Å². The summed E-state index contributed by atoms with van der Waals surface area (Å²) < 4.78 is 19.3. The highest BCUT2D eigenvalue weighted by molar-refractivity contribution is 6.04. The highest BCUT2D eigenvalue weighted by Gasteiger charge is 2.26. The van der Waals surface area contributed by atoms with Crippen molar-refractivity contribution in [3.05, 3.63) is 65.6 Å². The molecule has 2 heterocycles. The van der Waals surface area contributed by atoms with E-state index in [1.807, 2.05) is 30.3 Å². The maximum absolute atomic E-state index is 13.6. The number of halogens is 1. The van der Waals surface area contributed by atoms with Gasteiger partial charge in [0, 0.05) is 25.1 Å². The Kier molecular flexibility index (Phi) is 4.67. The molecule has 3 aromatic rings. The minimum Gasteiger partial charge on any atom is -0.376 e. The molecule has 1 fully saturated rings. The van der Waals surface area contributed by atoms with E-state index < -0.39 is 0 Å². The van der Waals surface area contributed by atoms with Crippen LogP contribution in [-0.4, -0.2) is 40.3 Å². The number of carbonyl (C=O) groups is 1. The number of nitrogens with one attached hydrogen (secondary N) is 1. The number of amides is 1. The second-order valence-corrected chi connectivity index (χ2v) is 6.57. The van der Waals surface area contributed by atoms with Crippen molar-refractivity contribution in [2.24, 2.45) is 0 Å². The van der Waals surface area contributed by atoms with Gasteiger partial charge in [0.25, 0.3) is 5.91 Å². The predicted molar refractivity (Wildman–Crippen MR) is 96.2 cm³/mol. The van der Waals surface area contributed by atoms with E-state index in [2.05, 4.69) is 10.2 Å². The number of aromatic nitrogens is 2. The molecule has 1 N–H and O–H groups in total. The summed E-state index contributed by atoms with van der Waals surface area (Å²) in [7, 11) is 0. The molecule has 0 unspecified atom stereocenters. The molecule has 1 saturated heterocycles. The van der Waals surface area contributed by atoms with Gasteiger partial charge in [0.05, 0.1) is 11.6 Å². The van der Waals surface area contributed by atoms with E-state index in [0.29, 0.717) is 18.8 Å².